The normalized spacial score (nSPS) is 33.8. The summed E-state index contributed by atoms with van der Waals surface area (Å²) in [6.07, 6.45) is 5.16. The van der Waals surface area contributed by atoms with Crippen molar-refractivity contribution in [3.05, 3.63) is 35.9 Å². The van der Waals surface area contributed by atoms with Crippen LogP contribution in [0.25, 0.3) is 0 Å². The fraction of sp³-hybridized carbons (Fsp3) is 0.667. The Bertz CT molecular complexity index is 876. The van der Waals surface area contributed by atoms with Gasteiger partial charge < -0.3 is 29.0 Å². The van der Waals surface area contributed by atoms with Crippen LogP contribution < -0.4 is 10.1 Å². The number of benzene rings is 1. The van der Waals surface area contributed by atoms with Gasteiger partial charge in [0.15, 0.2) is 0 Å². The Morgan fingerprint density at radius 2 is 2.00 bits per heavy atom. The van der Waals surface area contributed by atoms with Crippen LogP contribution in [-0.2, 0) is 23.7 Å². The van der Waals surface area contributed by atoms with Crippen molar-refractivity contribution in [2.45, 2.75) is 82.9 Å². The first-order valence-corrected chi connectivity index (χ1v) is 12.5. The second kappa shape index (κ2) is 10.3. The molecular formula is C27H39NO6. The second-order valence-corrected chi connectivity index (χ2v) is 10.1. The number of allylic oxidation sites excluding steroid dienone is 1. The summed E-state index contributed by atoms with van der Waals surface area (Å²) in [7, 11) is 1.69. The fourth-order valence-electron chi connectivity index (χ4n) is 5.34. The summed E-state index contributed by atoms with van der Waals surface area (Å²) in [5, 5.41) is 3.14. The number of methoxy groups -OCH3 is 1. The van der Waals surface area contributed by atoms with Crippen LogP contribution in [0.5, 0.6) is 5.75 Å². The lowest BCUT2D eigenvalue weighted by molar-refractivity contribution is -0.170. The molecule has 2 saturated heterocycles. The molecule has 0 aromatic heterocycles. The predicted octanol–water partition coefficient (Wildman–Crippen LogP) is 4.51. The van der Waals surface area contributed by atoms with E-state index in [2.05, 4.69) is 39.1 Å². The molecule has 1 aromatic carbocycles. The molecule has 1 aromatic rings. The lowest BCUT2D eigenvalue weighted by Gasteiger charge is -2.42. The number of esters is 1. The third kappa shape index (κ3) is 5.42. The van der Waals surface area contributed by atoms with Crippen molar-refractivity contribution in [1.29, 1.82) is 0 Å². The number of epoxide rings is 2. The molecule has 1 aliphatic carbocycles. The lowest BCUT2D eigenvalue weighted by Crippen LogP contribution is -2.55. The Kier molecular flexibility index (Phi) is 7.55. The van der Waals surface area contributed by atoms with E-state index in [-0.39, 0.29) is 47.9 Å². The Morgan fingerprint density at radius 3 is 2.62 bits per heavy atom. The number of rotatable bonds is 11. The van der Waals surface area contributed by atoms with Crippen LogP contribution in [0, 0.1) is 5.92 Å². The zero-order valence-electron chi connectivity index (χ0n) is 21.1. The van der Waals surface area contributed by atoms with E-state index < -0.39 is 0 Å². The van der Waals surface area contributed by atoms with Gasteiger partial charge in [-0.05, 0) is 70.7 Å². The molecule has 1 spiro atoms. The van der Waals surface area contributed by atoms with Crippen molar-refractivity contribution < 1.29 is 28.5 Å². The minimum atomic E-state index is -0.339. The molecule has 3 fully saturated rings. The molecule has 188 valence electrons. The molecule has 0 bridgehead atoms. The van der Waals surface area contributed by atoms with E-state index in [4.69, 9.17) is 23.7 Å². The van der Waals surface area contributed by atoms with E-state index >= 15 is 0 Å². The van der Waals surface area contributed by atoms with E-state index in [1.807, 2.05) is 24.3 Å². The zero-order valence-corrected chi connectivity index (χ0v) is 21.1. The van der Waals surface area contributed by atoms with Gasteiger partial charge in [-0.25, -0.2) is 0 Å². The van der Waals surface area contributed by atoms with Crippen LogP contribution in [-0.4, -0.2) is 62.4 Å². The van der Waals surface area contributed by atoms with Gasteiger partial charge in [0.05, 0.1) is 25.2 Å². The number of nitrogens with one attached hydrogen (secondary N) is 1. The van der Waals surface area contributed by atoms with Crippen LogP contribution in [0.2, 0.25) is 0 Å². The smallest absolute Gasteiger partial charge is 0.325 e. The Morgan fingerprint density at radius 1 is 1.26 bits per heavy atom. The fourth-order valence-corrected chi connectivity index (χ4v) is 5.34. The summed E-state index contributed by atoms with van der Waals surface area (Å²) in [6, 6.07) is 7.60. The molecule has 6 unspecified atom stereocenters. The average molecular weight is 474 g/mol. The maximum absolute atomic E-state index is 12.7. The van der Waals surface area contributed by atoms with Crippen molar-refractivity contribution >= 4 is 11.7 Å². The number of hydrogen-bond acceptors (Lipinski definition) is 7. The monoisotopic (exact) mass is 473 g/mol. The van der Waals surface area contributed by atoms with Crippen LogP contribution in [0.3, 0.4) is 0 Å². The molecule has 0 radical (unpaired) electrons. The van der Waals surface area contributed by atoms with Gasteiger partial charge in [0.2, 0.25) is 0 Å². The maximum Gasteiger partial charge on any atom is 0.325 e. The highest BCUT2D eigenvalue weighted by Gasteiger charge is 2.72. The number of anilines is 1. The molecule has 4 rings (SSSR count). The average Bonchev–Trinajstić information content (AvgIpc) is 3.74. The van der Waals surface area contributed by atoms with Crippen molar-refractivity contribution in [2.24, 2.45) is 5.92 Å². The zero-order chi connectivity index (χ0) is 24.3. The van der Waals surface area contributed by atoms with Gasteiger partial charge in [0.1, 0.15) is 35.7 Å². The highest BCUT2D eigenvalue weighted by atomic mass is 16.6. The minimum absolute atomic E-state index is 0.0238. The minimum Gasteiger partial charge on any atom is -0.494 e. The summed E-state index contributed by atoms with van der Waals surface area (Å²) in [5.74, 6) is 0.546. The number of ether oxygens (including phenoxy) is 5. The van der Waals surface area contributed by atoms with Gasteiger partial charge in [0.25, 0.3) is 0 Å². The Labute approximate surface area is 203 Å². The Balaban J connectivity index is 1.35. The first-order chi connectivity index (χ1) is 16.3. The first-order valence-electron chi connectivity index (χ1n) is 12.5. The largest absolute Gasteiger partial charge is 0.494 e. The summed E-state index contributed by atoms with van der Waals surface area (Å²) in [6.45, 7) is 9.91. The van der Waals surface area contributed by atoms with Gasteiger partial charge in [0, 0.05) is 12.8 Å². The molecule has 6 atom stereocenters. The highest BCUT2D eigenvalue weighted by molar-refractivity contribution is 5.75. The predicted molar refractivity (Wildman–Crippen MR) is 130 cm³/mol. The number of hydrogen-bond donors (Lipinski definition) is 1. The van der Waals surface area contributed by atoms with Gasteiger partial charge in [-0.3, -0.25) is 4.79 Å². The van der Waals surface area contributed by atoms with Gasteiger partial charge >= 0.3 is 5.97 Å². The summed E-state index contributed by atoms with van der Waals surface area (Å²) in [4.78, 5) is 12.7. The van der Waals surface area contributed by atoms with E-state index in [1.54, 1.807) is 7.11 Å². The van der Waals surface area contributed by atoms with Crippen LogP contribution in [0.4, 0.5) is 5.69 Å². The van der Waals surface area contributed by atoms with Crippen molar-refractivity contribution in [3.63, 3.8) is 0 Å². The molecule has 7 heteroatoms. The summed E-state index contributed by atoms with van der Waals surface area (Å²) in [5.41, 5.74) is 1.56. The maximum atomic E-state index is 12.7. The first kappa shape index (κ1) is 25.0. The van der Waals surface area contributed by atoms with E-state index in [0.717, 1.165) is 37.1 Å². The van der Waals surface area contributed by atoms with E-state index in [9.17, 15) is 4.79 Å². The van der Waals surface area contributed by atoms with Gasteiger partial charge in [-0.1, -0.05) is 18.6 Å². The topological polar surface area (TPSA) is 81.9 Å². The second-order valence-electron chi connectivity index (χ2n) is 10.1. The highest BCUT2D eigenvalue weighted by Crippen LogP contribution is 2.59. The van der Waals surface area contributed by atoms with Crippen molar-refractivity contribution in [2.75, 3.05) is 32.2 Å². The van der Waals surface area contributed by atoms with E-state index in [1.165, 1.54) is 5.57 Å². The summed E-state index contributed by atoms with van der Waals surface area (Å²) >= 11 is 0. The van der Waals surface area contributed by atoms with Crippen LogP contribution in [0.15, 0.2) is 35.9 Å². The molecule has 3 aliphatic rings. The van der Waals surface area contributed by atoms with Crippen molar-refractivity contribution in [1.82, 2.24) is 0 Å². The quantitative estimate of drug-likeness (QED) is 0.288. The Hall–Kier alpha value is -2.09. The molecule has 2 aliphatic heterocycles. The standard InChI is InChI=1S/C27H39NO6/c1-6-15-31-20-10-8-19(9-11-20)28-16-23(29)33-21-13-14-27(17-32-27)25(24(21)30-5)26(4)22(34-26)12-7-18(2)3/h7-11,21-22,24-25,28H,6,12-17H2,1-5H3. The molecule has 1 saturated carbocycles. The molecule has 7 nitrogen and oxygen atoms in total. The molecule has 2 heterocycles. The molecule has 34 heavy (non-hydrogen) atoms. The third-order valence-corrected chi connectivity index (χ3v) is 7.28. The summed E-state index contributed by atoms with van der Waals surface area (Å²) < 4.78 is 29.7. The van der Waals surface area contributed by atoms with Crippen LogP contribution in [0.1, 0.15) is 53.4 Å². The van der Waals surface area contributed by atoms with Gasteiger partial charge in [-0.2, -0.15) is 0 Å². The van der Waals surface area contributed by atoms with Crippen molar-refractivity contribution in [3.8, 4) is 5.75 Å². The number of carbonyl (C=O) groups excluding carboxylic acids is 1. The van der Waals surface area contributed by atoms with Gasteiger partial charge in [-0.15, -0.1) is 0 Å². The lowest BCUT2D eigenvalue weighted by atomic mass is 9.68. The van der Waals surface area contributed by atoms with E-state index in [0.29, 0.717) is 13.2 Å². The number of carbonyl (C=O) groups is 1. The SMILES string of the molecule is CCCOc1ccc(NCC(=O)OC2CCC3(CO3)C(C3(C)OC3CC=C(C)C)C2OC)cc1. The van der Waals surface area contributed by atoms with Crippen LogP contribution >= 0.6 is 0 Å². The molecule has 1 N–H and O–H groups in total. The third-order valence-electron chi connectivity index (χ3n) is 7.28. The molecular weight excluding hydrogens is 434 g/mol. The molecule has 0 amide bonds.